The highest BCUT2D eigenvalue weighted by molar-refractivity contribution is 5.79. The molecule has 114 valence electrons. The zero-order chi connectivity index (χ0) is 14.5. The van der Waals surface area contributed by atoms with E-state index in [-0.39, 0.29) is 11.9 Å². The Morgan fingerprint density at radius 1 is 1.10 bits per heavy atom. The standard InChI is InChI=1S/C15H27N3O2/c1-12(15(16)20)17-7-9-18(10-8-17)14(19)11-13-5-3-2-4-6-13/h12-13H,2-11H2,1H3,(H2,16,20)/t12-/m0/s1. The number of primary amides is 1. The minimum Gasteiger partial charge on any atom is -0.368 e. The quantitative estimate of drug-likeness (QED) is 0.835. The van der Waals surface area contributed by atoms with Gasteiger partial charge < -0.3 is 10.6 Å². The lowest BCUT2D eigenvalue weighted by molar-refractivity contribution is -0.135. The van der Waals surface area contributed by atoms with E-state index in [0.717, 1.165) is 26.2 Å². The lowest BCUT2D eigenvalue weighted by Crippen LogP contribution is -2.54. The van der Waals surface area contributed by atoms with Crippen LogP contribution >= 0.6 is 0 Å². The van der Waals surface area contributed by atoms with Crippen LogP contribution in [0.2, 0.25) is 0 Å². The van der Waals surface area contributed by atoms with Gasteiger partial charge in [0.15, 0.2) is 0 Å². The summed E-state index contributed by atoms with van der Waals surface area (Å²) in [6.07, 6.45) is 7.03. The number of nitrogens with two attached hydrogens (primary N) is 1. The summed E-state index contributed by atoms with van der Waals surface area (Å²) >= 11 is 0. The highest BCUT2D eigenvalue weighted by atomic mass is 16.2. The molecule has 20 heavy (non-hydrogen) atoms. The SMILES string of the molecule is C[C@@H](C(N)=O)N1CCN(C(=O)CC2CCCCC2)CC1. The van der Waals surface area contributed by atoms with Crippen molar-refractivity contribution < 1.29 is 9.59 Å². The van der Waals surface area contributed by atoms with Crippen LogP contribution in [-0.2, 0) is 9.59 Å². The van der Waals surface area contributed by atoms with Crippen LogP contribution < -0.4 is 5.73 Å². The van der Waals surface area contributed by atoms with Gasteiger partial charge in [-0.1, -0.05) is 19.3 Å². The summed E-state index contributed by atoms with van der Waals surface area (Å²) in [5, 5.41) is 0. The van der Waals surface area contributed by atoms with Gasteiger partial charge in [0.2, 0.25) is 11.8 Å². The van der Waals surface area contributed by atoms with Gasteiger partial charge in [0.1, 0.15) is 0 Å². The normalized spacial score (nSPS) is 23.6. The van der Waals surface area contributed by atoms with E-state index >= 15 is 0 Å². The Labute approximate surface area is 121 Å². The molecule has 0 aromatic rings. The lowest BCUT2D eigenvalue weighted by Gasteiger charge is -2.37. The molecule has 0 unspecified atom stereocenters. The Hall–Kier alpha value is -1.10. The molecular formula is C15H27N3O2. The summed E-state index contributed by atoms with van der Waals surface area (Å²) in [4.78, 5) is 27.5. The number of piperazine rings is 1. The van der Waals surface area contributed by atoms with Crippen LogP contribution in [0.15, 0.2) is 0 Å². The van der Waals surface area contributed by atoms with E-state index in [4.69, 9.17) is 5.73 Å². The van der Waals surface area contributed by atoms with Gasteiger partial charge in [0, 0.05) is 32.6 Å². The average molecular weight is 281 g/mol. The molecule has 2 aliphatic rings. The zero-order valence-electron chi connectivity index (χ0n) is 12.5. The van der Waals surface area contributed by atoms with Gasteiger partial charge >= 0.3 is 0 Å². The van der Waals surface area contributed by atoms with Gasteiger partial charge in [0.05, 0.1) is 6.04 Å². The molecule has 0 aromatic heterocycles. The molecule has 0 bridgehead atoms. The van der Waals surface area contributed by atoms with Gasteiger partial charge in [-0.15, -0.1) is 0 Å². The first-order valence-corrected chi connectivity index (χ1v) is 7.89. The molecule has 2 rings (SSSR count). The van der Waals surface area contributed by atoms with E-state index in [1.165, 1.54) is 32.1 Å². The molecule has 5 nitrogen and oxygen atoms in total. The Balaban J connectivity index is 1.75. The molecule has 5 heteroatoms. The molecule has 0 spiro atoms. The van der Waals surface area contributed by atoms with E-state index in [0.29, 0.717) is 18.2 Å². The van der Waals surface area contributed by atoms with Crippen molar-refractivity contribution in [3.63, 3.8) is 0 Å². The third kappa shape index (κ3) is 3.95. The Morgan fingerprint density at radius 2 is 1.70 bits per heavy atom. The van der Waals surface area contributed by atoms with Gasteiger partial charge in [-0.3, -0.25) is 14.5 Å². The number of hydrogen-bond donors (Lipinski definition) is 1. The molecule has 1 atom stereocenters. The molecule has 1 heterocycles. The fourth-order valence-corrected chi connectivity index (χ4v) is 3.31. The molecule has 0 aromatic carbocycles. The first-order valence-electron chi connectivity index (χ1n) is 7.89. The first kappa shape index (κ1) is 15.3. The van der Waals surface area contributed by atoms with Crippen LogP contribution in [0.3, 0.4) is 0 Å². The van der Waals surface area contributed by atoms with E-state index in [2.05, 4.69) is 4.90 Å². The van der Waals surface area contributed by atoms with Crippen molar-refractivity contribution in [2.45, 2.75) is 51.5 Å². The number of rotatable bonds is 4. The molecule has 1 saturated carbocycles. The van der Waals surface area contributed by atoms with Crippen molar-refractivity contribution in [2.24, 2.45) is 11.7 Å². The molecule has 0 radical (unpaired) electrons. The maximum absolute atomic E-state index is 12.3. The van der Waals surface area contributed by atoms with Crippen molar-refractivity contribution in [1.82, 2.24) is 9.80 Å². The fraction of sp³-hybridized carbons (Fsp3) is 0.867. The van der Waals surface area contributed by atoms with Crippen molar-refractivity contribution >= 4 is 11.8 Å². The molecule has 2 fully saturated rings. The molecule has 1 aliphatic heterocycles. The van der Waals surface area contributed by atoms with E-state index in [1.807, 2.05) is 11.8 Å². The Bertz CT molecular complexity index is 345. The van der Waals surface area contributed by atoms with Crippen LogP contribution in [0.1, 0.15) is 45.4 Å². The number of carbonyl (C=O) groups excluding carboxylic acids is 2. The fourth-order valence-electron chi connectivity index (χ4n) is 3.31. The second-order valence-corrected chi connectivity index (χ2v) is 6.20. The van der Waals surface area contributed by atoms with Gasteiger partial charge in [0.25, 0.3) is 0 Å². The van der Waals surface area contributed by atoms with Gasteiger partial charge in [-0.05, 0) is 25.7 Å². The maximum atomic E-state index is 12.3. The van der Waals surface area contributed by atoms with Crippen molar-refractivity contribution in [1.29, 1.82) is 0 Å². The third-order valence-electron chi connectivity index (χ3n) is 4.81. The van der Waals surface area contributed by atoms with Crippen LogP contribution in [0.4, 0.5) is 0 Å². The van der Waals surface area contributed by atoms with Crippen LogP contribution in [0.25, 0.3) is 0 Å². The third-order valence-corrected chi connectivity index (χ3v) is 4.81. The summed E-state index contributed by atoms with van der Waals surface area (Å²) in [6.45, 7) is 4.79. The topological polar surface area (TPSA) is 66.6 Å². The Kier molecular flexibility index (Phi) is 5.40. The highest BCUT2D eigenvalue weighted by Gasteiger charge is 2.27. The summed E-state index contributed by atoms with van der Waals surface area (Å²) in [5.41, 5.74) is 5.32. The zero-order valence-corrected chi connectivity index (χ0v) is 12.5. The van der Waals surface area contributed by atoms with E-state index < -0.39 is 0 Å². The largest absolute Gasteiger partial charge is 0.368 e. The smallest absolute Gasteiger partial charge is 0.234 e. The monoisotopic (exact) mass is 281 g/mol. The minimum absolute atomic E-state index is 0.231. The molecule has 1 aliphatic carbocycles. The minimum atomic E-state index is -0.285. The number of carbonyl (C=O) groups is 2. The van der Waals surface area contributed by atoms with E-state index in [1.54, 1.807) is 0 Å². The summed E-state index contributed by atoms with van der Waals surface area (Å²) in [7, 11) is 0. The van der Waals surface area contributed by atoms with Gasteiger partial charge in [-0.25, -0.2) is 0 Å². The summed E-state index contributed by atoms with van der Waals surface area (Å²) in [5.74, 6) is 0.606. The van der Waals surface area contributed by atoms with Crippen LogP contribution in [-0.4, -0.2) is 53.8 Å². The van der Waals surface area contributed by atoms with Gasteiger partial charge in [-0.2, -0.15) is 0 Å². The number of amides is 2. The summed E-state index contributed by atoms with van der Waals surface area (Å²) in [6, 6.07) is -0.231. The first-order chi connectivity index (χ1) is 9.58. The van der Waals surface area contributed by atoms with E-state index in [9.17, 15) is 9.59 Å². The Morgan fingerprint density at radius 3 is 2.25 bits per heavy atom. The molecular weight excluding hydrogens is 254 g/mol. The predicted molar refractivity (Wildman–Crippen MR) is 78.0 cm³/mol. The molecule has 2 N–H and O–H groups in total. The highest BCUT2D eigenvalue weighted by Crippen LogP contribution is 2.27. The molecule has 1 saturated heterocycles. The van der Waals surface area contributed by atoms with Crippen molar-refractivity contribution in [3.05, 3.63) is 0 Å². The molecule has 2 amide bonds. The second-order valence-electron chi connectivity index (χ2n) is 6.20. The number of nitrogens with zero attached hydrogens (tertiary/aromatic N) is 2. The van der Waals surface area contributed by atoms with Crippen LogP contribution in [0, 0.1) is 5.92 Å². The number of hydrogen-bond acceptors (Lipinski definition) is 3. The van der Waals surface area contributed by atoms with Crippen molar-refractivity contribution in [3.8, 4) is 0 Å². The van der Waals surface area contributed by atoms with Crippen LogP contribution in [0.5, 0.6) is 0 Å². The average Bonchev–Trinajstić information content (AvgIpc) is 2.47. The maximum Gasteiger partial charge on any atom is 0.234 e. The van der Waals surface area contributed by atoms with Crippen molar-refractivity contribution in [2.75, 3.05) is 26.2 Å². The summed E-state index contributed by atoms with van der Waals surface area (Å²) < 4.78 is 0. The predicted octanol–water partition coefficient (Wildman–Crippen LogP) is 0.975. The lowest BCUT2D eigenvalue weighted by atomic mass is 9.86. The second kappa shape index (κ2) is 7.07.